The van der Waals surface area contributed by atoms with Gasteiger partial charge in [0.05, 0.1) is 13.2 Å². The van der Waals surface area contributed by atoms with Crippen molar-refractivity contribution in [3.63, 3.8) is 0 Å². The number of aliphatic carboxylic acids is 1. The Labute approximate surface area is 242 Å². The average molecular weight is 597 g/mol. The van der Waals surface area contributed by atoms with Crippen molar-refractivity contribution < 1.29 is 64.6 Å². The van der Waals surface area contributed by atoms with Crippen molar-refractivity contribution in [3.05, 3.63) is 0 Å². The van der Waals surface area contributed by atoms with Gasteiger partial charge in [0.1, 0.15) is 48.8 Å². The Balaban J connectivity index is 1.65. The number of rotatable bonds is 21. The normalized spacial score (nSPS) is 34.1. The van der Waals surface area contributed by atoms with E-state index in [2.05, 4.69) is 0 Å². The predicted octanol–water partition coefficient (Wildman–Crippen LogP) is 0.173. The van der Waals surface area contributed by atoms with E-state index in [0.717, 1.165) is 51.4 Å². The Morgan fingerprint density at radius 1 is 0.561 bits per heavy atom. The molecule has 2 heterocycles. The first kappa shape index (κ1) is 36.2. The number of ether oxygens (including phenoxy) is 4. The van der Waals surface area contributed by atoms with Gasteiger partial charge in [0, 0.05) is 13.0 Å². The molecule has 0 radical (unpaired) electrons. The fourth-order valence-corrected chi connectivity index (χ4v) is 5.19. The van der Waals surface area contributed by atoms with E-state index in [4.69, 9.17) is 24.1 Å². The molecule has 41 heavy (non-hydrogen) atoms. The quantitative estimate of drug-likeness (QED) is 0.0831. The first-order valence-electron chi connectivity index (χ1n) is 15.1. The number of carbonyl (C=O) groups is 1. The first-order valence-corrected chi connectivity index (χ1v) is 15.1. The molecular weight excluding hydrogens is 544 g/mol. The SMILES string of the molecule is O=C(O)CCCCCCCCCCCCCCCOC1O[C@H](CO)[C@@H](O)[C@H](O)[C@H]1OC1O[C@H](CO)[C@@H](O)[C@H](O)[C@H]1O. The minimum atomic E-state index is -1.70. The highest BCUT2D eigenvalue weighted by Gasteiger charge is 2.50. The van der Waals surface area contributed by atoms with Crippen LogP contribution in [-0.2, 0) is 23.7 Å². The van der Waals surface area contributed by atoms with E-state index in [1.54, 1.807) is 0 Å². The standard InChI is InChI=1S/C28H52O13/c29-16-18-21(33)23(35)25(37)27(39-18)41-26-24(36)22(34)19(17-30)40-28(26)38-15-13-11-9-7-5-3-1-2-4-6-8-10-12-14-20(31)32/h18-19,21-30,33-37H,1-17H2,(H,31,32)/t18-,19-,21-,22-,23+,24+,25-,26-,27?,28?/m1/s1. The smallest absolute Gasteiger partial charge is 0.303 e. The van der Waals surface area contributed by atoms with E-state index in [-0.39, 0.29) is 13.0 Å². The molecule has 0 bridgehead atoms. The summed E-state index contributed by atoms with van der Waals surface area (Å²) < 4.78 is 22.4. The van der Waals surface area contributed by atoms with Gasteiger partial charge in [0.25, 0.3) is 0 Å². The number of hydrogen-bond acceptors (Lipinski definition) is 12. The molecule has 2 unspecified atom stereocenters. The lowest BCUT2D eigenvalue weighted by Gasteiger charge is -2.45. The van der Waals surface area contributed by atoms with Crippen molar-refractivity contribution in [1.82, 2.24) is 0 Å². The number of aliphatic hydroxyl groups excluding tert-OH is 7. The van der Waals surface area contributed by atoms with Crippen LogP contribution in [0.15, 0.2) is 0 Å². The van der Waals surface area contributed by atoms with Gasteiger partial charge in [-0.05, 0) is 12.8 Å². The third-order valence-electron chi connectivity index (χ3n) is 7.78. The molecule has 0 aromatic carbocycles. The van der Waals surface area contributed by atoms with Gasteiger partial charge in [-0.2, -0.15) is 0 Å². The van der Waals surface area contributed by atoms with Crippen LogP contribution in [0.1, 0.15) is 89.9 Å². The van der Waals surface area contributed by atoms with Crippen molar-refractivity contribution in [2.24, 2.45) is 0 Å². The Kier molecular flexibility index (Phi) is 17.7. The molecule has 2 aliphatic heterocycles. The lowest BCUT2D eigenvalue weighted by atomic mass is 9.97. The highest BCUT2D eigenvalue weighted by molar-refractivity contribution is 5.66. The molecule has 0 spiro atoms. The third-order valence-corrected chi connectivity index (χ3v) is 7.78. The van der Waals surface area contributed by atoms with Crippen molar-refractivity contribution >= 4 is 5.97 Å². The van der Waals surface area contributed by atoms with Crippen LogP contribution in [0.2, 0.25) is 0 Å². The van der Waals surface area contributed by atoms with Gasteiger partial charge in [0.2, 0.25) is 0 Å². The maximum absolute atomic E-state index is 10.6. The minimum absolute atomic E-state index is 0.257. The molecule has 0 aliphatic carbocycles. The molecule has 13 nitrogen and oxygen atoms in total. The zero-order valence-corrected chi connectivity index (χ0v) is 23.9. The number of carboxylic acids is 1. The van der Waals surface area contributed by atoms with Crippen molar-refractivity contribution in [2.45, 2.75) is 151 Å². The van der Waals surface area contributed by atoms with Crippen LogP contribution in [0.4, 0.5) is 0 Å². The van der Waals surface area contributed by atoms with Crippen LogP contribution in [0.3, 0.4) is 0 Å². The van der Waals surface area contributed by atoms with Gasteiger partial charge in [-0.3, -0.25) is 4.79 Å². The van der Waals surface area contributed by atoms with Gasteiger partial charge in [-0.15, -0.1) is 0 Å². The van der Waals surface area contributed by atoms with Crippen molar-refractivity contribution in [3.8, 4) is 0 Å². The van der Waals surface area contributed by atoms with E-state index in [9.17, 15) is 40.5 Å². The summed E-state index contributed by atoms with van der Waals surface area (Å²) in [6.07, 6.45) is -0.533. The van der Waals surface area contributed by atoms with Crippen LogP contribution < -0.4 is 0 Å². The van der Waals surface area contributed by atoms with Crippen LogP contribution in [0.5, 0.6) is 0 Å². The Morgan fingerprint density at radius 3 is 1.49 bits per heavy atom. The lowest BCUT2D eigenvalue weighted by molar-refractivity contribution is -0.367. The monoisotopic (exact) mass is 596 g/mol. The van der Waals surface area contributed by atoms with Crippen molar-refractivity contribution in [2.75, 3.05) is 19.8 Å². The summed E-state index contributed by atoms with van der Waals surface area (Å²) in [5.74, 6) is -0.721. The first-order chi connectivity index (χ1) is 19.7. The topological polar surface area (TPSA) is 216 Å². The summed E-state index contributed by atoms with van der Waals surface area (Å²) in [5.41, 5.74) is 0. The Bertz CT molecular complexity index is 696. The molecule has 2 rings (SSSR count). The summed E-state index contributed by atoms with van der Waals surface area (Å²) in [5, 5.41) is 78.8. The second-order valence-electron chi connectivity index (χ2n) is 11.1. The third kappa shape index (κ3) is 12.3. The van der Waals surface area contributed by atoms with Crippen LogP contribution in [0.25, 0.3) is 0 Å². The maximum atomic E-state index is 10.6. The van der Waals surface area contributed by atoms with Gasteiger partial charge < -0.3 is 59.8 Å². The highest BCUT2D eigenvalue weighted by atomic mass is 16.8. The predicted molar refractivity (Wildman–Crippen MR) is 145 cm³/mol. The van der Waals surface area contributed by atoms with E-state index < -0.39 is 80.6 Å². The number of aliphatic hydroxyl groups is 7. The van der Waals surface area contributed by atoms with Crippen LogP contribution >= 0.6 is 0 Å². The summed E-state index contributed by atoms with van der Waals surface area (Å²) in [6, 6.07) is 0. The van der Waals surface area contributed by atoms with Crippen LogP contribution in [0, 0.1) is 0 Å². The fourth-order valence-electron chi connectivity index (χ4n) is 5.19. The van der Waals surface area contributed by atoms with Gasteiger partial charge >= 0.3 is 5.97 Å². The van der Waals surface area contributed by atoms with E-state index >= 15 is 0 Å². The largest absolute Gasteiger partial charge is 0.481 e. The maximum Gasteiger partial charge on any atom is 0.303 e. The summed E-state index contributed by atoms with van der Waals surface area (Å²) >= 11 is 0. The Morgan fingerprint density at radius 2 is 1.00 bits per heavy atom. The molecule has 8 N–H and O–H groups in total. The molecule has 0 amide bonds. The van der Waals surface area contributed by atoms with Gasteiger partial charge in [-0.1, -0.05) is 70.6 Å². The summed E-state index contributed by atoms with van der Waals surface area (Å²) in [6.45, 7) is -0.967. The lowest BCUT2D eigenvalue weighted by Crippen LogP contribution is -2.64. The second kappa shape index (κ2) is 20.1. The summed E-state index contributed by atoms with van der Waals surface area (Å²) in [7, 11) is 0. The van der Waals surface area contributed by atoms with Crippen LogP contribution in [-0.4, -0.2) is 128 Å². The van der Waals surface area contributed by atoms with Gasteiger partial charge in [0.15, 0.2) is 12.6 Å². The molecule has 2 saturated heterocycles. The molecule has 2 fully saturated rings. The number of unbranched alkanes of at least 4 members (excludes halogenated alkanes) is 12. The highest BCUT2D eigenvalue weighted by Crippen LogP contribution is 2.30. The molecule has 10 atom stereocenters. The molecule has 2 aliphatic rings. The zero-order valence-electron chi connectivity index (χ0n) is 23.9. The van der Waals surface area contributed by atoms with E-state index in [1.807, 2.05) is 0 Å². The van der Waals surface area contributed by atoms with Gasteiger partial charge in [-0.25, -0.2) is 0 Å². The van der Waals surface area contributed by atoms with E-state index in [1.165, 1.54) is 25.7 Å². The molecular formula is C28H52O13. The molecule has 0 aromatic rings. The molecule has 242 valence electrons. The average Bonchev–Trinajstić information content (AvgIpc) is 2.95. The van der Waals surface area contributed by atoms with Crippen molar-refractivity contribution in [1.29, 1.82) is 0 Å². The Hall–Kier alpha value is -0.970. The summed E-state index contributed by atoms with van der Waals surface area (Å²) in [4.78, 5) is 10.5. The van der Waals surface area contributed by atoms with E-state index in [0.29, 0.717) is 6.42 Å². The molecule has 0 aromatic heterocycles. The zero-order chi connectivity index (χ0) is 30.2. The number of hydrogen-bond donors (Lipinski definition) is 8. The fraction of sp³-hybridized carbons (Fsp3) is 0.964. The molecule has 13 heteroatoms. The number of carboxylic acid groups (broad SMARTS) is 1. The minimum Gasteiger partial charge on any atom is -0.481 e. The molecule has 0 saturated carbocycles. The second-order valence-corrected chi connectivity index (χ2v) is 11.1.